The Morgan fingerprint density at radius 3 is 2.53 bits per heavy atom. The van der Waals surface area contributed by atoms with E-state index in [0.29, 0.717) is 0 Å². The van der Waals surface area contributed by atoms with E-state index in [-0.39, 0.29) is 0 Å². The molecule has 0 radical (unpaired) electrons. The van der Waals surface area contributed by atoms with Crippen molar-refractivity contribution in [3.8, 4) is 0 Å². The molecule has 1 aliphatic heterocycles. The summed E-state index contributed by atoms with van der Waals surface area (Å²) in [6, 6.07) is 8.92. The van der Waals surface area contributed by atoms with Crippen LogP contribution in [0, 0.1) is 0 Å². The standard InChI is InChI=1S/C15H24N2/c1-16(2)11-7-9-14-8-3-4-10-15(14)17-12-5-6-13-17/h3-4,8,10H,5-7,9,11-13H2,1-2H3. The number of para-hydroxylation sites is 1. The summed E-state index contributed by atoms with van der Waals surface area (Å²) in [6.45, 7) is 3.66. The minimum absolute atomic E-state index is 1.17. The molecule has 2 rings (SSSR count). The van der Waals surface area contributed by atoms with Gasteiger partial charge in [0.15, 0.2) is 0 Å². The fourth-order valence-electron chi connectivity index (χ4n) is 2.57. The first kappa shape index (κ1) is 12.4. The molecule has 0 unspecified atom stereocenters. The first-order valence-corrected chi connectivity index (χ1v) is 6.75. The van der Waals surface area contributed by atoms with Gasteiger partial charge in [-0.15, -0.1) is 0 Å². The van der Waals surface area contributed by atoms with Crippen LogP contribution >= 0.6 is 0 Å². The molecule has 0 aromatic heterocycles. The van der Waals surface area contributed by atoms with E-state index in [1.165, 1.54) is 56.6 Å². The summed E-state index contributed by atoms with van der Waals surface area (Å²) in [5.74, 6) is 0. The van der Waals surface area contributed by atoms with Crippen LogP contribution < -0.4 is 4.90 Å². The number of anilines is 1. The van der Waals surface area contributed by atoms with Gasteiger partial charge in [0.25, 0.3) is 0 Å². The summed E-state index contributed by atoms with van der Waals surface area (Å²) in [7, 11) is 4.29. The minimum Gasteiger partial charge on any atom is -0.371 e. The molecule has 2 heteroatoms. The third-order valence-electron chi connectivity index (χ3n) is 3.49. The van der Waals surface area contributed by atoms with Crippen LogP contribution in [-0.2, 0) is 6.42 Å². The molecular weight excluding hydrogens is 208 g/mol. The maximum absolute atomic E-state index is 2.55. The lowest BCUT2D eigenvalue weighted by Gasteiger charge is -2.21. The molecule has 1 saturated heterocycles. The molecule has 0 N–H and O–H groups in total. The van der Waals surface area contributed by atoms with E-state index in [1.807, 2.05) is 0 Å². The molecule has 17 heavy (non-hydrogen) atoms. The van der Waals surface area contributed by atoms with Gasteiger partial charge in [0.05, 0.1) is 0 Å². The van der Waals surface area contributed by atoms with Crippen molar-refractivity contribution in [2.24, 2.45) is 0 Å². The van der Waals surface area contributed by atoms with Crippen molar-refractivity contribution in [3.05, 3.63) is 29.8 Å². The van der Waals surface area contributed by atoms with Gasteiger partial charge in [-0.3, -0.25) is 0 Å². The lowest BCUT2D eigenvalue weighted by Crippen LogP contribution is -2.19. The van der Waals surface area contributed by atoms with Crippen molar-refractivity contribution in [1.29, 1.82) is 0 Å². The average molecular weight is 232 g/mol. The van der Waals surface area contributed by atoms with Crippen LogP contribution in [0.1, 0.15) is 24.8 Å². The molecule has 0 bridgehead atoms. The summed E-state index contributed by atoms with van der Waals surface area (Å²) in [5, 5.41) is 0. The van der Waals surface area contributed by atoms with Gasteiger partial charge in [-0.1, -0.05) is 18.2 Å². The Bertz CT molecular complexity index is 341. The highest BCUT2D eigenvalue weighted by Gasteiger charge is 2.14. The van der Waals surface area contributed by atoms with E-state index in [0.717, 1.165) is 0 Å². The van der Waals surface area contributed by atoms with Crippen molar-refractivity contribution < 1.29 is 0 Å². The third kappa shape index (κ3) is 3.47. The van der Waals surface area contributed by atoms with E-state index in [4.69, 9.17) is 0 Å². The molecule has 0 saturated carbocycles. The summed E-state index contributed by atoms with van der Waals surface area (Å²) >= 11 is 0. The Morgan fingerprint density at radius 1 is 1.12 bits per heavy atom. The van der Waals surface area contributed by atoms with E-state index >= 15 is 0 Å². The molecule has 94 valence electrons. The van der Waals surface area contributed by atoms with Crippen molar-refractivity contribution in [1.82, 2.24) is 4.90 Å². The lowest BCUT2D eigenvalue weighted by molar-refractivity contribution is 0.400. The zero-order chi connectivity index (χ0) is 12.1. The SMILES string of the molecule is CN(C)CCCc1ccccc1N1CCCC1. The molecule has 0 aliphatic carbocycles. The quantitative estimate of drug-likeness (QED) is 0.770. The number of hydrogen-bond acceptors (Lipinski definition) is 2. The zero-order valence-electron chi connectivity index (χ0n) is 11.2. The number of rotatable bonds is 5. The van der Waals surface area contributed by atoms with Crippen LogP contribution in [0.4, 0.5) is 5.69 Å². The zero-order valence-corrected chi connectivity index (χ0v) is 11.2. The predicted octanol–water partition coefficient (Wildman–Crippen LogP) is 2.78. The molecule has 0 atom stereocenters. The van der Waals surface area contributed by atoms with Gasteiger partial charge in [0, 0.05) is 18.8 Å². The largest absolute Gasteiger partial charge is 0.371 e. The maximum Gasteiger partial charge on any atom is 0.0398 e. The van der Waals surface area contributed by atoms with Crippen LogP contribution in [0.3, 0.4) is 0 Å². The Balaban J connectivity index is 2.00. The Kier molecular flexibility index (Phi) is 4.43. The molecule has 0 amide bonds. The van der Waals surface area contributed by atoms with Crippen LogP contribution in [0.2, 0.25) is 0 Å². The molecule has 1 aromatic rings. The number of nitrogens with zero attached hydrogens (tertiary/aromatic N) is 2. The number of benzene rings is 1. The first-order valence-electron chi connectivity index (χ1n) is 6.75. The normalized spacial score (nSPS) is 15.8. The molecule has 1 aliphatic rings. The van der Waals surface area contributed by atoms with Crippen LogP contribution in [0.5, 0.6) is 0 Å². The highest BCUT2D eigenvalue weighted by molar-refractivity contribution is 5.54. The minimum atomic E-state index is 1.17. The topological polar surface area (TPSA) is 6.48 Å². The molecule has 2 nitrogen and oxygen atoms in total. The van der Waals surface area contributed by atoms with Crippen LogP contribution in [0.25, 0.3) is 0 Å². The highest BCUT2D eigenvalue weighted by Crippen LogP contribution is 2.25. The summed E-state index contributed by atoms with van der Waals surface area (Å²) < 4.78 is 0. The van der Waals surface area contributed by atoms with E-state index in [9.17, 15) is 0 Å². The second-order valence-corrected chi connectivity index (χ2v) is 5.23. The monoisotopic (exact) mass is 232 g/mol. The fourth-order valence-corrected chi connectivity index (χ4v) is 2.57. The van der Waals surface area contributed by atoms with Gasteiger partial charge < -0.3 is 9.80 Å². The molecule has 0 spiro atoms. The Morgan fingerprint density at radius 2 is 1.82 bits per heavy atom. The second-order valence-electron chi connectivity index (χ2n) is 5.23. The summed E-state index contributed by atoms with van der Waals surface area (Å²) in [5.41, 5.74) is 3.00. The van der Waals surface area contributed by atoms with Gasteiger partial charge in [0.1, 0.15) is 0 Å². The van der Waals surface area contributed by atoms with Gasteiger partial charge in [-0.05, 0) is 58.0 Å². The fraction of sp³-hybridized carbons (Fsp3) is 0.600. The third-order valence-corrected chi connectivity index (χ3v) is 3.49. The van der Waals surface area contributed by atoms with Gasteiger partial charge in [-0.25, -0.2) is 0 Å². The summed E-state index contributed by atoms with van der Waals surface area (Å²) in [4.78, 5) is 4.81. The van der Waals surface area contributed by atoms with Crippen molar-refractivity contribution in [2.45, 2.75) is 25.7 Å². The maximum atomic E-state index is 2.55. The molecule has 1 heterocycles. The molecule has 1 fully saturated rings. The van der Waals surface area contributed by atoms with Crippen molar-refractivity contribution in [2.75, 3.05) is 38.6 Å². The number of hydrogen-bond donors (Lipinski definition) is 0. The van der Waals surface area contributed by atoms with E-state index in [1.54, 1.807) is 0 Å². The van der Waals surface area contributed by atoms with E-state index < -0.39 is 0 Å². The molecule has 1 aromatic carbocycles. The highest BCUT2D eigenvalue weighted by atomic mass is 15.1. The van der Waals surface area contributed by atoms with Crippen molar-refractivity contribution in [3.63, 3.8) is 0 Å². The summed E-state index contributed by atoms with van der Waals surface area (Å²) in [6.07, 6.45) is 5.15. The molecular formula is C15H24N2. The smallest absolute Gasteiger partial charge is 0.0398 e. The first-order chi connectivity index (χ1) is 8.27. The predicted molar refractivity (Wildman–Crippen MR) is 74.8 cm³/mol. The Hall–Kier alpha value is -1.02. The van der Waals surface area contributed by atoms with Crippen LogP contribution in [-0.4, -0.2) is 38.6 Å². The van der Waals surface area contributed by atoms with Crippen LogP contribution in [0.15, 0.2) is 24.3 Å². The average Bonchev–Trinajstić information content (AvgIpc) is 2.82. The lowest BCUT2D eigenvalue weighted by atomic mass is 10.1. The van der Waals surface area contributed by atoms with Gasteiger partial charge >= 0.3 is 0 Å². The van der Waals surface area contributed by atoms with Gasteiger partial charge in [-0.2, -0.15) is 0 Å². The second kappa shape index (κ2) is 6.06. The van der Waals surface area contributed by atoms with E-state index in [2.05, 4.69) is 48.2 Å². The van der Waals surface area contributed by atoms with Crippen molar-refractivity contribution >= 4 is 5.69 Å². The Labute approximate surface area is 105 Å². The van der Waals surface area contributed by atoms with Gasteiger partial charge in [0.2, 0.25) is 0 Å². The number of aryl methyl sites for hydroxylation is 1.